The number of aromatic nitrogens is 1. The summed E-state index contributed by atoms with van der Waals surface area (Å²) < 4.78 is 7.18. The van der Waals surface area contributed by atoms with Gasteiger partial charge >= 0.3 is 0 Å². The number of nitrogens with zero attached hydrogens (tertiary/aromatic N) is 3. The first-order chi connectivity index (χ1) is 13.8. The Balaban J connectivity index is 2.17. The number of hydrogen-bond acceptors (Lipinski definition) is 3. The summed E-state index contributed by atoms with van der Waals surface area (Å²) in [5.74, 6) is 0.0690. The molecule has 0 aliphatic heterocycles. The smallest absolute Gasteiger partial charge is 0.254 e. The van der Waals surface area contributed by atoms with E-state index in [0.29, 0.717) is 31.8 Å². The van der Waals surface area contributed by atoms with Crippen molar-refractivity contribution in [2.24, 2.45) is 13.0 Å². The highest BCUT2D eigenvalue weighted by Crippen LogP contribution is 2.12. The minimum absolute atomic E-state index is 0.0546. The number of carbonyl (C=O) groups excluding carboxylic acids is 2. The zero-order valence-corrected chi connectivity index (χ0v) is 18.2. The molecular weight excluding hydrogens is 366 g/mol. The molecule has 0 aliphatic carbocycles. The largest absolute Gasteiger partial charge is 0.383 e. The number of rotatable bonds is 10. The number of amides is 2. The monoisotopic (exact) mass is 399 g/mol. The lowest BCUT2D eigenvalue weighted by molar-refractivity contribution is -0.133. The molecule has 6 heteroatoms. The van der Waals surface area contributed by atoms with Gasteiger partial charge in [-0.3, -0.25) is 9.59 Å². The number of aryl methyl sites for hydroxylation is 2. The van der Waals surface area contributed by atoms with E-state index in [0.717, 1.165) is 11.3 Å². The fourth-order valence-corrected chi connectivity index (χ4v) is 3.15. The summed E-state index contributed by atoms with van der Waals surface area (Å²) in [7, 11) is 3.58. The Labute approximate surface area is 174 Å². The van der Waals surface area contributed by atoms with Gasteiger partial charge in [0.2, 0.25) is 5.91 Å². The molecule has 0 unspecified atom stereocenters. The molecule has 6 nitrogen and oxygen atoms in total. The van der Waals surface area contributed by atoms with Crippen LogP contribution in [0, 0.1) is 12.8 Å². The normalized spacial score (nSPS) is 11.0. The summed E-state index contributed by atoms with van der Waals surface area (Å²) in [5.41, 5.74) is 2.74. The van der Waals surface area contributed by atoms with Gasteiger partial charge in [0.05, 0.1) is 13.2 Å². The van der Waals surface area contributed by atoms with Gasteiger partial charge in [0.1, 0.15) is 6.54 Å². The predicted octanol–water partition coefficient (Wildman–Crippen LogP) is 3.11. The van der Waals surface area contributed by atoms with Crippen molar-refractivity contribution < 1.29 is 14.3 Å². The van der Waals surface area contributed by atoms with E-state index in [-0.39, 0.29) is 24.3 Å². The van der Waals surface area contributed by atoms with Crippen molar-refractivity contribution in [1.29, 1.82) is 0 Å². The second-order valence-electron chi connectivity index (χ2n) is 7.86. The van der Waals surface area contributed by atoms with Crippen molar-refractivity contribution in [2.75, 3.05) is 33.4 Å². The maximum absolute atomic E-state index is 13.1. The third-order valence-electron chi connectivity index (χ3n) is 4.82. The van der Waals surface area contributed by atoms with Crippen LogP contribution < -0.4 is 0 Å². The first-order valence-corrected chi connectivity index (χ1v) is 10.0. The molecule has 1 aromatic carbocycles. The Morgan fingerprint density at radius 1 is 1.10 bits per heavy atom. The summed E-state index contributed by atoms with van der Waals surface area (Å²) in [6.45, 7) is 8.08. The highest BCUT2D eigenvalue weighted by atomic mass is 16.5. The molecule has 2 amide bonds. The first-order valence-electron chi connectivity index (χ1n) is 10.0. The highest BCUT2D eigenvalue weighted by molar-refractivity contribution is 5.96. The van der Waals surface area contributed by atoms with E-state index in [1.807, 2.05) is 75.0 Å². The molecule has 0 spiro atoms. The molecule has 0 radical (unpaired) electrons. The molecule has 1 heterocycles. The lowest BCUT2D eigenvalue weighted by Crippen LogP contribution is -2.45. The van der Waals surface area contributed by atoms with Crippen LogP contribution in [-0.4, -0.2) is 59.5 Å². The van der Waals surface area contributed by atoms with Crippen molar-refractivity contribution >= 4 is 11.8 Å². The molecule has 0 N–H and O–H groups in total. The van der Waals surface area contributed by atoms with Crippen LogP contribution >= 0.6 is 0 Å². The molecule has 0 saturated heterocycles. The van der Waals surface area contributed by atoms with Crippen LogP contribution in [0.25, 0.3) is 0 Å². The Hall–Kier alpha value is -2.60. The van der Waals surface area contributed by atoms with E-state index in [2.05, 4.69) is 0 Å². The van der Waals surface area contributed by atoms with Gasteiger partial charge in [0.25, 0.3) is 5.91 Å². The van der Waals surface area contributed by atoms with Gasteiger partial charge in [-0.05, 0) is 37.1 Å². The van der Waals surface area contributed by atoms with Gasteiger partial charge in [0.15, 0.2) is 0 Å². The standard InChI is InChI=1S/C23H33N3O3/c1-18(2)15-26(23(28)20-10-8-19(3)9-11-20)17-22(27)25(13-14-29-5)16-21-7-6-12-24(21)4/h6-12,18H,13-17H2,1-5H3. The number of ether oxygens (including phenoxy) is 1. The van der Waals surface area contributed by atoms with Crippen LogP contribution in [0.15, 0.2) is 42.6 Å². The van der Waals surface area contributed by atoms with E-state index in [4.69, 9.17) is 4.74 Å². The van der Waals surface area contributed by atoms with Crippen molar-refractivity contribution in [3.05, 3.63) is 59.4 Å². The van der Waals surface area contributed by atoms with E-state index in [1.54, 1.807) is 16.9 Å². The molecule has 158 valence electrons. The van der Waals surface area contributed by atoms with E-state index < -0.39 is 0 Å². The Morgan fingerprint density at radius 3 is 2.34 bits per heavy atom. The van der Waals surface area contributed by atoms with Crippen LogP contribution in [0.2, 0.25) is 0 Å². The molecule has 2 aromatic rings. The lowest BCUT2D eigenvalue weighted by atomic mass is 10.1. The first kappa shape index (κ1) is 22.7. The zero-order valence-electron chi connectivity index (χ0n) is 18.2. The second kappa shape index (κ2) is 10.8. The highest BCUT2D eigenvalue weighted by Gasteiger charge is 2.23. The van der Waals surface area contributed by atoms with Crippen molar-refractivity contribution in [3.8, 4) is 0 Å². The average molecular weight is 400 g/mol. The molecule has 0 aliphatic rings. The van der Waals surface area contributed by atoms with E-state index >= 15 is 0 Å². The molecule has 2 rings (SSSR count). The number of benzene rings is 1. The quantitative estimate of drug-likeness (QED) is 0.617. The van der Waals surface area contributed by atoms with E-state index in [1.165, 1.54) is 0 Å². The third-order valence-corrected chi connectivity index (χ3v) is 4.82. The van der Waals surface area contributed by atoms with Crippen LogP contribution in [0.5, 0.6) is 0 Å². The van der Waals surface area contributed by atoms with Gasteiger partial charge < -0.3 is 19.1 Å². The minimum atomic E-state index is -0.113. The van der Waals surface area contributed by atoms with Crippen molar-refractivity contribution in [3.63, 3.8) is 0 Å². The maximum atomic E-state index is 13.1. The van der Waals surface area contributed by atoms with Crippen LogP contribution in [0.3, 0.4) is 0 Å². The zero-order chi connectivity index (χ0) is 21.4. The Bertz CT molecular complexity index is 796. The summed E-state index contributed by atoms with van der Waals surface area (Å²) in [5, 5.41) is 0. The fraction of sp³-hybridized carbons (Fsp3) is 0.478. The van der Waals surface area contributed by atoms with Crippen molar-refractivity contribution in [2.45, 2.75) is 27.3 Å². The number of hydrogen-bond donors (Lipinski definition) is 0. The second-order valence-corrected chi connectivity index (χ2v) is 7.86. The molecule has 0 fully saturated rings. The minimum Gasteiger partial charge on any atom is -0.383 e. The van der Waals surface area contributed by atoms with Gasteiger partial charge in [0, 0.05) is 44.7 Å². The van der Waals surface area contributed by atoms with Gasteiger partial charge in [-0.2, -0.15) is 0 Å². The summed E-state index contributed by atoms with van der Waals surface area (Å²) >= 11 is 0. The third kappa shape index (κ3) is 6.75. The topological polar surface area (TPSA) is 54.8 Å². The van der Waals surface area contributed by atoms with Gasteiger partial charge in [-0.15, -0.1) is 0 Å². The molecule has 29 heavy (non-hydrogen) atoms. The Kier molecular flexibility index (Phi) is 8.46. The maximum Gasteiger partial charge on any atom is 0.254 e. The fourth-order valence-electron chi connectivity index (χ4n) is 3.15. The summed E-state index contributed by atoms with van der Waals surface area (Å²) in [6.07, 6.45) is 1.96. The molecular formula is C23H33N3O3. The number of methoxy groups -OCH3 is 1. The van der Waals surface area contributed by atoms with Crippen LogP contribution in [0.1, 0.15) is 35.5 Å². The summed E-state index contributed by atoms with van der Waals surface area (Å²) in [4.78, 5) is 29.6. The lowest BCUT2D eigenvalue weighted by Gasteiger charge is -2.29. The van der Waals surface area contributed by atoms with Crippen LogP contribution in [0.4, 0.5) is 0 Å². The Morgan fingerprint density at radius 2 is 1.79 bits per heavy atom. The molecule has 1 aromatic heterocycles. The molecule has 0 bridgehead atoms. The van der Waals surface area contributed by atoms with Crippen LogP contribution in [-0.2, 0) is 23.1 Å². The molecule has 0 saturated carbocycles. The molecule has 0 atom stereocenters. The SMILES string of the molecule is COCCN(Cc1cccn1C)C(=O)CN(CC(C)C)C(=O)c1ccc(C)cc1. The van der Waals surface area contributed by atoms with Gasteiger partial charge in [-0.25, -0.2) is 0 Å². The number of carbonyl (C=O) groups is 2. The van der Waals surface area contributed by atoms with Crippen molar-refractivity contribution in [1.82, 2.24) is 14.4 Å². The predicted molar refractivity (Wildman–Crippen MR) is 115 cm³/mol. The summed E-state index contributed by atoms with van der Waals surface area (Å²) in [6, 6.07) is 11.4. The average Bonchev–Trinajstić information content (AvgIpc) is 3.08. The van der Waals surface area contributed by atoms with Gasteiger partial charge in [-0.1, -0.05) is 31.5 Å². The van der Waals surface area contributed by atoms with E-state index in [9.17, 15) is 9.59 Å².